The smallest absolute Gasteiger partial charge is 0.339 e. The first kappa shape index (κ1) is 39.1. The summed E-state index contributed by atoms with van der Waals surface area (Å²) in [5.41, 5.74) is 3.09. The number of halogens is 2. The summed E-state index contributed by atoms with van der Waals surface area (Å²) in [6.07, 6.45) is 5.76. The van der Waals surface area contributed by atoms with Crippen molar-refractivity contribution in [3.05, 3.63) is 141 Å². The van der Waals surface area contributed by atoms with Gasteiger partial charge in [-0.2, -0.15) is 0 Å². The highest BCUT2D eigenvalue weighted by molar-refractivity contribution is 9.10. The van der Waals surface area contributed by atoms with E-state index in [9.17, 15) is 14.4 Å². The van der Waals surface area contributed by atoms with Gasteiger partial charge >= 0.3 is 11.9 Å². The van der Waals surface area contributed by atoms with Gasteiger partial charge in [0.1, 0.15) is 34.6 Å². The normalized spacial score (nSPS) is 13.1. The number of hydrogen-bond donors (Lipinski definition) is 3. The van der Waals surface area contributed by atoms with Gasteiger partial charge in [-0.15, -0.1) is 0 Å². The number of methoxy groups -OCH3 is 1. The Bertz CT molecular complexity index is 2010. The molecule has 1 aliphatic rings. The molecule has 274 valence electrons. The highest BCUT2D eigenvalue weighted by Crippen LogP contribution is 2.34. The van der Waals surface area contributed by atoms with Crippen LogP contribution >= 0.6 is 31.9 Å². The highest BCUT2D eigenvalue weighted by Gasteiger charge is 2.26. The molecule has 0 saturated heterocycles. The number of hydrogen-bond acceptors (Lipinski definition) is 7. The van der Waals surface area contributed by atoms with Crippen molar-refractivity contribution in [3.63, 3.8) is 0 Å². The zero-order valence-corrected chi connectivity index (χ0v) is 32.1. The van der Waals surface area contributed by atoms with E-state index in [1.807, 2.05) is 84.9 Å². The van der Waals surface area contributed by atoms with Crippen LogP contribution < -0.4 is 14.8 Å². The third-order valence-corrected chi connectivity index (χ3v) is 9.56. The second-order valence-electron chi connectivity index (χ2n) is 12.3. The Morgan fingerprint density at radius 2 is 1.42 bits per heavy atom. The molecule has 1 unspecified atom stereocenters. The van der Waals surface area contributed by atoms with Crippen molar-refractivity contribution < 1.29 is 38.8 Å². The first-order valence-electron chi connectivity index (χ1n) is 17.1. The quantitative estimate of drug-likeness (QED) is 0.112. The van der Waals surface area contributed by atoms with Crippen LogP contribution in [0.2, 0.25) is 0 Å². The molecular formula is C42H39Br2NO8. The van der Waals surface area contributed by atoms with Gasteiger partial charge in [-0.25, -0.2) is 9.59 Å². The number of aromatic hydroxyl groups is 1. The van der Waals surface area contributed by atoms with Gasteiger partial charge in [-0.1, -0.05) is 98.9 Å². The molecule has 5 aromatic rings. The average molecular weight is 846 g/mol. The van der Waals surface area contributed by atoms with E-state index in [4.69, 9.17) is 24.4 Å². The number of para-hydroxylation sites is 2. The lowest BCUT2D eigenvalue weighted by Crippen LogP contribution is -2.43. The van der Waals surface area contributed by atoms with Crippen molar-refractivity contribution in [2.45, 2.75) is 50.7 Å². The van der Waals surface area contributed by atoms with Gasteiger partial charge in [0.25, 0.3) is 5.91 Å². The molecule has 9 nitrogen and oxygen atoms in total. The number of ether oxygens (including phenoxy) is 3. The molecule has 1 saturated carbocycles. The minimum absolute atomic E-state index is 0.0876. The molecule has 1 aliphatic carbocycles. The monoisotopic (exact) mass is 843 g/mol. The molecular weight excluding hydrogens is 806 g/mol. The molecule has 0 bridgehead atoms. The van der Waals surface area contributed by atoms with Gasteiger partial charge in [0.05, 0.1) is 18.8 Å². The van der Waals surface area contributed by atoms with Crippen molar-refractivity contribution >= 4 is 49.7 Å². The van der Waals surface area contributed by atoms with Gasteiger partial charge in [-0.3, -0.25) is 4.79 Å². The van der Waals surface area contributed by atoms with Crippen LogP contribution in [-0.4, -0.2) is 47.3 Å². The molecule has 11 heteroatoms. The van der Waals surface area contributed by atoms with E-state index >= 15 is 0 Å². The van der Waals surface area contributed by atoms with E-state index in [-0.39, 0.29) is 29.7 Å². The van der Waals surface area contributed by atoms with Crippen molar-refractivity contribution in [2.24, 2.45) is 0 Å². The van der Waals surface area contributed by atoms with Crippen molar-refractivity contribution in [1.82, 2.24) is 5.32 Å². The van der Waals surface area contributed by atoms with Crippen LogP contribution in [0, 0.1) is 0 Å². The van der Waals surface area contributed by atoms with E-state index < -0.39 is 18.0 Å². The van der Waals surface area contributed by atoms with Crippen LogP contribution in [0.25, 0.3) is 11.1 Å². The number of phenols is 1. The van der Waals surface area contributed by atoms with Gasteiger partial charge < -0.3 is 29.7 Å². The lowest BCUT2D eigenvalue weighted by atomic mass is 9.97. The van der Waals surface area contributed by atoms with E-state index in [2.05, 4.69) is 37.2 Å². The molecule has 0 spiro atoms. The predicted molar refractivity (Wildman–Crippen MR) is 210 cm³/mol. The predicted octanol–water partition coefficient (Wildman–Crippen LogP) is 9.99. The second kappa shape index (κ2) is 19.1. The summed E-state index contributed by atoms with van der Waals surface area (Å²) in [4.78, 5) is 36.6. The third kappa shape index (κ3) is 11.2. The topological polar surface area (TPSA) is 131 Å². The number of carbonyl (C=O) groups is 3. The third-order valence-electron chi connectivity index (χ3n) is 8.57. The number of esters is 1. The molecule has 0 radical (unpaired) electrons. The van der Waals surface area contributed by atoms with Crippen LogP contribution in [-0.2, 0) is 16.0 Å². The number of carboxylic acids is 1. The number of nitrogens with one attached hydrogen (secondary N) is 1. The second-order valence-corrected chi connectivity index (χ2v) is 14.2. The molecule has 0 heterocycles. The minimum atomic E-state index is -1.14. The summed E-state index contributed by atoms with van der Waals surface area (Å²) in [6.45, 7) is 0. The molecule has 1 fully saturated rings. The van der Waals surface area contributed by atoms with Gasteiger partial charge in [0.15, 0.2) is 0 Å². The fraction of sp³-hybridized carbons (Fsp3) is 0.214. The number of rotatable bonds is 11. The van der Waals surface area contributed by atoms with Crippen molar-refractivity contribution in [2.75, 3.05) is 7.11 Å². The molecule has 0 aromatic heterocycles. The molecule has 5 aromatic carbocycles. The average Bonchev–Trinajstić information content (AvgIpc) is 3.17. The highest BCUT2D eigenvalue weighted by atomic mass is 79.9. The van der Waals surface area contributed by atoms with E-state index in [0.717, 1.165) is 58.3 Å². The summed E-state index contributed by atoms with van der Waals surface area (Å²) < 4.78 is 18.8. The van der Waals surface area contributed by atoms with Crippen LogP contribution in [0.5, 0.6) is 23.0 Å². The van der Waals surface area contributed by atoms with E-state index in [1.54, 1.807) is 18.2 Å². The Morgan fingerprint density at radius 1 is 0.774 bits per heavy atom. The fourth-order valence-electron chi connectivity index (χ4n) is 5.86. The largest absolute Gasteiger partial charge is 0.507 e. The lowest BCUT2D eigenvalue weighted by Gasteiger charge is -2.24. The SMILES string of the molecule is COC(=O)C(Cc1ccc(-c2ccccc2Oc2ccccc2)cc1)NC(=O)c1cc(Br)ccc1OC1CCCCC1.O=C(O)c1cc(Br)ccc1O. The molecule has 53 heavy (non-hydrogen) atoms. The van der Waals surface area contributed by atoms with Crippen LogP contribution in [0.15, 0.2) is 124 Å². The summed E-state index contributed by atoms with van der Waals surface area (Å²) in [5, 5.41) is 20.4. The zero-order chi connectivity index (χ0) is 37.7. The van der Waals surface area contributed by atoms with E-state index in [1.165, 1.54) is 25.7 Å². The molecule has 3 N–H and O–H groups in total. The maximum absolute atomic E-state index is 13.5. The van der Waals surface area contributed by atoms with Gasteiger partial charge in [0.2, 0.25) is 0 Å². The maximum Gasteiger partial charge on any atom is 0.339 e. The zero-order valence-electron chi connectivity index (χ0n) is 29.0. The minimum Gasteiger partial charge on any atom is -0.507 e. The Balaban J connectivity index is 0.000000422. The summed E-state index contributed by atoms with van der Waals surface area (Å²) in [5.74, 6) is -0.233. The first-order valence-corrected chi connectivity index (χ1v) is 18.7. The van der Waals surface area contributed by atoms with Crippen LogP contribution in [0.4, 0.5) is 0 Å². The van der Waals surface area contributed by atoms with Crippen LogP contribution in [0.1, 0.15) is 58.4 Å². The number of carbonyl (C=O) groups excluding carboxylic acids is 2. The number of benzene rings is 5. The standard InChI is InChI=1S/C35H34BrNO5.C7H5BrO3/c1-40-35(39)31(37-34(38)30-23-26(36)20-21-33(30)42-28-12-6-3-7-13-28)22-24-16-18-25(19-17-24)29-14-8-9-15-32(29)41-27-10-4-2-5-11-27;8-4-1-2-6(9)5(3-4)7(10)11/h2,4-5,8-11,14-21,23,28,31H,3,6-7,12-13,22H2,1H3,(H,37,38);1-3,9H,(H,10,11). The maximum atomic E-state index is 13.5. The Morgan fingerprint density at radius 3 is 2.08 bits per heavy atom. The molecule has 1 amide bonds. The van der Waals surface area contributed by atoms with Crippen LogP contribution in [0.3, 0.4) is 0 Å². The Kier molecular flexibility index (Phi) is 14.1. The lowest BCUT2D eigenvalue weighted by molar-refractivity contribution is -0.142. The summed E-state index contributed by atoms with van der Waals surface area (Å²) in [7, 11) is 1.32. The fourth-order valence-corrected chi connectivity index (χ4v) is 6.58. The summed E-state index contributed by atoms with van der Waals surface area (Å²) in [6, 6.07) is 34.2. The number of amides is 1. The first-order chi connectivity index (χ1) is 25.6. The molecule has 0 aliphatic heterocycles. The number of aromatic carboxylic acids is 1. The van der Waals surface area contributed by atoms with Gasteiger partial charge in [0, 0.05) is 20.9 Å². The van der Waals surface area contributed by atoms with Crippen molar-refractivity contribution in [1.29, 1.82) is 0 Å². The Labute approximate surface area is 325 Å². The number of carboxylic acid groups (broad SMARTS) is 1. The Hall–Kier alpha value is -5.13. The van der Waals surface area contributed by atoms with E-state index in [0.29, 0.717) is 15.8 Å². The summed E-state index contributed by atoms with van der Waals surface area (Å²) >= 11 is 6.56. The molecule has 6 rings (SSSR count). The van der Waals surface area contributed by atoms with Crippen molar-refractivity contribution in [3.8, 4) is 34.1 Å². The molecule has 1 atom stereocenters. The van der Waals surface area contributed by atoms with Gasteiger partial charge in [-0.05, 0) is 91.4 Å².